The number of aromatic nitrogens is 2. The number of H-pyrrole nitrogens is 1. The number of aromatic amines is 1. The maximum absolute atomic E-state index is 12.6. The molecule has 3 aromatic carbocycles. The fourth-order valence-electron chi connectivity index (χ4n) is 3.09. The third-order valence-electron chi connectivity index (χ3n) is 4.59. The maximum atomic E-state index is 12.6. The number of fused-ring (bicyclic) bond motifs is 1. The minimum Gasteiger partial charge on any atom is -0.497 e. The van der Waals surface area contributed by atoms with Crippen LogP contribution in [-0.4, -0.2) is 23.2 Å². The number of aryl methyl sites for hydroxylation is 1. The van der Waals surface area contributed by atoms with Crippen molar-refractivity contribution in [3.63, 3.8) is 0 Å². The molecule has 1 amide bonds. The summed E-state index contributed by atoms with van der Waals surface area (Å²) in [6.45, 7) is 2.52. The zero-order valence-electron chi connectivity index (χ0n) is 16.2. The van der Waals surface area contributed by atoms with Crippen molar-refractivity contribution in [3.05, 3.63) is 83.4 Å². The van der Waals surface area contributed by atoms with Crippen LogP contribution in [0.15, 0.2) is 66.7 Å². The molecule has 0 bridgehead atoms. The summed E-state index contributed by atoms with van der Waals surface area (Å²) in [7, 11) is 1.57. The number of amides is 1. The van der Waals surface area contributed by atoms with Gasteiger partial charge in [0.1, 0.15) is 18.1 Å². The molecule has 0 aliphatic heterocycles. The van der Waals surface area contributed by atoms with Crippen molar-refractivity contribution in [2.24, 2.45) is 0 Å². The van der Waals surface area contributed by atoms with Gasteiger partial charge in [-0.2, -0.15) is 5.10 Å². The fraction of sp³-hybridized carbons (Fsp3) is 0.130. The van der Waals surface area contributed by atoms with E-state index in [9.17, 15) is 4.79 Å². The summed E-state index contributed by atoms with van der Waals surface area (Å²) in [5, 5.41) is 10.8. The summed E-state index contributed by atoms with van der Waals surface area (Å²) in [5.41, 5.74) is 3.60. The van der Waals surface area contributed by atoms with Crippen molar-refractivity contribution in [1.29, 1.82) is 0 Å². The average Bonchev–Trinajstić information content (AvgIpc) is 3.14. The molecule has 0 atom stereocenters. The number of methoxy groups -OCH3 is 1. The molecular weight excluding hydrogens is 366 g/mol. The zero-order chi connectivity index (χ0) is 20.2. The number of ether oxygens (including phenoxy) is 2. The minimum absolute atomic E-state index is 0.261. The number of nitrogens with one attached hydrogen (secondary N) is 2. The van der Waals surface area contributed by atoms with E-state index in [1.165, 1.54) is 5.56 Å². The summed E-state index contributed by atoms with van der Waals surface area (Å²) >= 11 is 0. The molecule has 4 aromatic rings. The highest BCUT2D eigenvalue weighted by Gasteiger charge is 2.13. The van der Waals surface area contributed by atoms with Gasteiger partial charge in [0.25, 0.3) is 5.91 Å². The van der Waals surface area contributed by atoms with E-state index in [1.54, 1.807) is 31.4 Å². The van der Waals surface area contributed by atoms with Crippen LogP contribution in [0.4, 0.5) is 5.82 Å². The Kier molecular flexibility index (Phi) is 5.16. The third kappa shape index (κ3) is 4.21. The van der Waals surface area contributed by atoms with Gasteiger partial charge < -0.3 is 14.8 Å². The molecule has 0 spiro atoms. The Morgan fingerprint density at radius 2 is 1.90 bits per heavy atom. The summed E-state index contributed by atoms with van der Waals surface area (Å²) in [6.07, 6.45) is 0. The summed E-state index contributed by atoms with van der Waals surface area (Å²) in [5.74, 6) is 1.52. The third-order valence-corrected chi connectivity index (χ3v) is 4.59. The van der Waals surface area contributed by atoms with E-state index in [-0.39, 0.29) is 5.91 Å². The number of benzene rings is 3. The van der Waals surface area contributed by atoms with Gasteiger partial charge in [-0.15, -0.1) is 0 Å². The molecule has 0 aliphatic carbocycles. The Bertz CT molecular complexity index is 1170. The van der Waals surface area contributed by atoms with Crippen LogP contribution < -0.4 is 14.8 Å². The first-order chi connectivity index (χ1) is 14.1. The average molecular weight is 387 g/mol. The Labute approximate surface area is 168 Å². The number of nitrogens with zero attached hydrogens (tertiary/aromatic N) is 1. The van der Waals surface area contributed by atoms with E-state index in [1.807, 2.05) is 30.3 Å². The van der Waals surface area contributed by atoms with Crippen LogP contribution in [0.3, 0.4) is 0 Å². The molecule has 29 heavy (non-hydrogen) atoms. The van der Waals surface area contributed by atoms with Crippen LogP contribution in [0.25, 0.3) is 10.9 Å². The Hall–Kier alpha value is -3.80. The highest BCUT2D eigenvalue weighted by molar-refractivity contribution is 6.08. The molecule has 0 radical (unpaired) electrons. The van der Waals surface area contributed by atoms with E-state index in [0.29, 0.717) is 29.5 Å². The number of hydrogen-bond acceptors (Lipinski definition) is 4. The van der Waals surface area contributed by atoms with E-state index < -0.39 is 0 Å². The second-order valence-corrected chi connectivity index (χ2v) is 6.74. The number of carbonyl (C=O) groups is 1. The predicted molar refractivity (Wildman–Crippen MR) is 113 cm³/mol. The van der Waals surface area contributed by atoms with Crippen molar-refractivity contribution in [3.8, 4) is 11.5 Å². The first-order valence-corrected chi connectivity index (χ1v) is 9.24. The minimum atomic E-state index is -0.261. The Morgan fingerprint density at radius 1 is 1.03 bits per heavy atom. The molecule has 1 aromatic heterocycles. The molecule has 0 fully saturated rings. The van der Waals surface area contributed by atoms with Gasteiger partial charge in [-0.25, -0.2) is 0 Å². The van der Waals surface area contributed by atoms with Crippen LogP contribution in [0.2, 0.25) is 0 Å². The first-order valence-electron chi connectivity index (χ1n) is 9.24. The lowest BCUT2D eigenvalue weighted by molar-refractivity contribution is 0.102. The molecule has 0 saturated heterocycles. The van der Waals surface area contributed by atoms with Crippen molar-refractivity contribution < 1.29 is 14.3 Å². The summed E-state index contributed by atoms with van der Waals surface area (Å²) in [6, 6.07) is 20.8. The normalized spacial score (nSPS) is 10.7. The van der Waals surface area contributed by atoms with Gasteiger partial charge in [0, 0.05) is 10.9 Å². The molecule has 6 heteroatoms. The molecule has 4 rings (SSSR count). The molecule has 0 aliphatic rings. The maximum Gasteiger partial charge on any atom is 0.257 e. The van der Waals surface area contributed by atoms with Crippen LogP contribution in [0.1, 0.15) is 21.5 Å². The highest BCUT2D eigenvalue weighted by atomic mass is 16.5. The Balaban J connectivity index is 1.52. The summed E-state index contributed by atoms with van der Waals surface area (Å²) < 4.78 is 11.1. The second-order valence-electron chi connectivity index (χ2n) is 6.74. The van der Waals surface area contributed by atoms with E-state index >= 15 is 0 Å². The molecule has 2 N–H and O–H groups in total. The second kappa shape index (κ2) is 8.06. The van der Waals surface area contributed by atoms with E-state index in [4.69, 9.17) is 9.47 Å². The number of hydrogen-bond donors (Lipinski definition) is 2. The lowest BCUT2D eigenvalue weighted by atomic mass is 10.1. The monoisotopic (exact) mass is 387 g/mol. The smallest absolute Gasteiger partial charge is 0.257 e. The molecule has 6 nitrogen and oxygen atoms in total. The first kappa shape index (κ1) is 18.6. The largest absolute Gasteiger partial charge is 0.497 e. The fourth-order valence-corrected chi connectivity index (χ4v) is 3.09. The van der Waals surface area contributed by atoms with E-state index in [2.05, 4.69) is 34.6 Å². The van der Waals surface area contributed by atoms with Gasteiger partial charge >= 0.3 is 0 Å². The molecule has 146 valence electrons. The SMILES string of the molecule is COc1cccc(C(=O)Nc2n[nH]c3ccc(OCc4cccc(C)c4)cc23)c1. The van der Waals surface area contributed by atoms with Gasteiger partial charge in [0.15, 0.2) is 5.82 Å². The van der Waals surface area contributed by atoms with Gasteiger partial charge in [0.2, 0.25) is 0 Å². The van der Waals surface area contributed by atoms with Gasteiger partial charge in [0.05, 0.1) is 12.6 Å². The number of anilines is 1. The predicted octanol–water partition coefficient (Wildman–Crippen LogP) is 4.71. The molecular formula is C23H21N3O3. The number of carbonyl (C=O) groups excluding carboxylic acids is 1. The van der Waals surface area contributed by atoms with Crippen LogP contribution in [-0.2, 0) is 6.61 Å². The van der Waals surface area contributed by atoms with E-state index in [0.717, 1.165) is 16.5 Å². The summed E-state index contributed by atoms with van der Waals surface area (Å²) in [4.78, 5) is 12.6. The zero-order valence-corrected chi connectivity index (χ0v) is 16.2. The number of rotatable bonds is 6. The lowest BCUT2D eigenvalue weighted by Crippen LogP contribution is -2.12. The van der Waals surface area contributed by atoms with Gasteiger partial charge in [-0.3, -0.25) is 9.89 Å². The standard InChI is InChI=1S/C23H21N3O3/c1-15-5-3-6-16(11-15)14-29-19-9-10-21-20(13-19)22(26-25-21)24-23(27)17-7-4-8-18(12-17)28-2/h3-13H,14H2,1-2H3,(H2,24,25,26,27). The van der Waals surface area contributed by atoms with Crippen LogP contribution >= 0.6 is 0 Å². The topological polar surface area (TPSA) is 76.2 Å². The van der Waals surface area contributed by atoms with Gasteiger partial charge in [-0.1, -0.05) is 35.9 Å². The van der Waals surface area contributed by atoms with Crippen LogP contribution in [0.5, 0.6) is 11.5 Å². The lowest BCUT2D eigenvalue weighted by Gasteiger charge is -2.08. The van der Waals surface area contributed by atoms with Crippen molar-refractivity contribution >= 4 is 22.6 Å². The quantitative estimate of drug-likeness (QED) is 0.502. The van der Waals surface area contributed by atoms with Crippen molar-refractivity contribution in [1.82, 2.24) is 10.2 Å². The van der Waals surface area contributed by atoms with Crippen molar-refractivity contribution in [2.75, 3.05) is 12.4 Å². The van der Waals surface area contributed by atoms with Crippen LogP contribution in [0, 0.1) is 6.92 Å². The highest BCUT2D eigenvalue weighted by Crippen LogP contribution is 2.26. The molecule has 0 saturated carbocycles. The van der Waals surface area contributed by atoms with Gasteiger partial charge in [-0.05, 0) is 48.9 Å². The molecule has 1 heterocycles. The Morgan fingerprint density at radius 3 is 2.72 bits per heavy atom. The van der Waals surface area contributed by atoms with Crippen molar-refractivity contribution in [2.45, 2.75) is 13.5 Å². The molecule has 0 unspecified atom stereocenters.